The Morgan fingerprint density at radius 2 is 1.71 bits per heavy atom. The van der Waals surface area contributed by atoms with E-state index in [9.17, 15) is 9.59 Å². The number of nitrogens with one attached hydrogen (secondary N) is 1. The second kappa shape index (κ2) is 8.47. The fraction of sp³-hybridized carbons (Fsp3) is 0.167. The van der Waals surface area contributed by atoms with E-state index in [2.05, 4.69) is 10.5 Å². The summed E-state index contributed by atoms with van der Waals surface area (Å²) in [6.45, 7) is 0. The predicted molar refractivity (Wildman–Crippen MR) is 90.3 cm³/mol. The molecule has 2 aromatic carbocycles. The molecular formula is C18H18N2O4. The third kappa shape index (κ3) is 4.67. The highest BCUT2D eigenvalue weighted by Gasteiger charge is 2.12. The SMILES string of the molecule is COc1ccccc1C(=O)N/N=C(\CCC(=O)O)c1ccccc1. The van der Waals surface area contributed by atoms with Gasteiger partial charge in [0.15, 0.2) is 0 Å². The standard InChI is InChI=1S/C18H18N2O4/c1-24-16-10-6-5-9-14(16)18(23)20-19-15(11-12-17(21)22)13-7-3-2-4-8-13/h2-10H,11-12H2,1H3,(H,20,23)(H,21,22)/b19-15+. The number of benzene rings is 2. The van der Waals surface area contributed by atoms with E-state index in [0.29, 0.717) is 17.0 Å². The number of rotatable bonds is 7. The van der Waals surface area contributed by atoms with E-state index >= 15 is 0 Å². The maximum Gasteiger partial charge on any atom is 0.303 e. The van der Waals surface area contributed by atoms with Gasteiger partial charge in [-0.05, 0) is 17.7 Å². The Labute approximate surface area is 139 Å². The van der Waals surface area contributed by atoms with Gasteiger partial charge in [-0.3, -0.25) is 9.59 Å². The van der Waals surface area contributed by atoms with E-state index in [1.165, 1.54) is 7.11 Å². The average Bonchev–Trinajstić information content (AvgIpc) is 2.62. The minimum Gasteiger partial charge on any atom is -0.496 e. The van der Waals surface area contributed by atoms with Crippen molar-refractivity contribution >= 4 is 17.6 Å². The zero-order valence-electron chi connectivity index (χ0n) is 13.2. The summed E-state index contributed by atoms with van der Waals surface area (Å²) < 4.78 is 5.15. The molecule has 2 N–H and O–H groups in total. The molecule has 0 heterocycles. The third-order valence-electron chi connectivity index (χ3n) is 3.33. The van der Waals surface area contributed by atoms with Crippen molar-refractivity contribution in [2.45, 2.75) is 12.8 Å². The van der Waals surface area contributed by atoms with Crippen LogP contribution in [0.1, 0.15) is 28.8 Å². The first-order valence-corrected chi connectivity index (χ1v) is 7.39. The highest BCUT2D eigenvalue weighted by molar-refractivity contribution is 6.03. The summed E-state index contributed by atoms with van der Waals surface area (Å²) in [5.41, 5.74) is 4.09. The number of methoxy groups -OCH3 is 1. The highest BCUT2D eigenvalue weighted by atomic mass is 16.5. The molecule has 6 nitrogen and oxygen atoms in total. The number of para-hydroxylation sites is 1. The Morgan fingerprint density at radius 3 is 2.38 bits per heavy atom. The molecule has 0 bridgehead atoms. The third-order valence-corrected chi connectivity index (χ3v) is 3.33. The van der Waals surface area contributed by atoms with Gasteiger partial charge in [-0.1, -0.05) is 42.5 Å². The Balaban J connectivity index is 2.20. The van der Waals surface area contributed by atoms with Crippen molar-refractivity contribution in [2.75, 3.05) is 7.11 Å². The zero-order valence-corrected chi connectivity index (χ0v) is 13.2. The van der Waals surface area contributed by atoms with Gasteiger partial charge in [0, 0.05) is 6.42 Å². The normalized spacial score (nSPS) is 11.0. The number of hydrazone groups is 1. The quantitative estimate of drug-likeness (QED) is 0.605. The lowest BCUT2D eigenvalue weighted by atomic mass is 10.1. The number of carbonyl (C=O) groups is 2. The van der Waals surface area contributed by atoms with Crippen LogP contribution in [0.5, 0.6) is 5.75 Å². The molecule has 1 amide bonds. The molecule has 24 heavy (non-hydrogen) atoms. The molecule has 0 aliphatic carbocycles. The minimum absolute atomic E-state index is 0.0712. The number of hydrogen-bond donors (Lipinski definition) is 2. The molecule has 6 heteroatoms. The Kier molecular flexibility index (Phi) is 6.08. The van der Waals surface area contributed by atoms with Gasteiger partial charge in [0.25, 0.3) is 5.91 Å². The summed E-state index contributed by atoms with van der Waals surface area (Å²) in [6, 6.07) is 15.9. The van der Waals surface area contributed by atoms with Crippen LogP contribution in [0.15, 0.2) is 59.7 Å². The fourth-order valence-corrected chi connectivity index (χ4v) is 2.13. The van der Waals surface area contributed by atoms with Crippen molar-refractivity contribution in [3.8, 4) is 5.75 Å². The van der Waals surface area contributed by atoms with Crippen LogP contribution in [-0.4, -0.2) is 29.8 Å². The fourth-order valence-electron chi connectivity index (χ4n) is 2.13. The number of aliphatic carboxylic acids is 1. The molecule has 2 aromatic rings. The van der Waals surface area contributed by atoms with E-state index in [0.717, 1.165) is 5.56 Å². The Bertz CT molecular complexity index is 742. The van der Waals surface area contributed by atoms with Crippen LogP contribution in [0.2, 0.25) is 0 Å². The van der Waals surface area contributed by atoms with Gasteiger partial charge in [-0.2, -0.15) is 5.10 Å². The second-order valence-electron chi connectivity index (χ2n) is 4.96. The number of carboxylic acid groups (broad SMARTS) is 1. The molecule has 0 spiro atoms. The number of carbonyl (C=O) groups excluding carboxylic acids is 1. The first kappa shape index (κ1) is 17.2. The molecule has 0 radical (unpaired) electrons. The smallest absolute Gasteiger partial charge is 0.303 e. The molecule has 0 fully saturated rings. The van der Waals surface area contributed by atoms with Crippen LogP contribution in [0.25, 0.3) is 0 Å². The zero-order chi connectivity index (χ0) is 17.4. The number of amides is 1. The number of hydrogen-bond acceptors (Lipinski definition) is 4. The van der Waals surface area contributed by atoms with E-state index in [1.807, 2.05) is 30.3 Å². The Morgan fingerprint density at radius 1 is 1.04 bits per heavy atom. The largest absolute Gasteiger partial charge is 0.496 e. The van der Waals surface area contributed by atoms with Gasteiger partial charge >= 0.3 is 5.97 Å². The molecule has 124 valence electrons. The first-order valence-electron chi connectivity index (χ1n) is 7.39. The Hall–Kier alpha value is -3.15. The molecular weight excluding hydrogens is 308 g/mol. The molecule has 0 aliphatic rings. The summed E-state index contributed by atoms with van der Waals surface area (Å²) in [5, 5.41) is 13.0. The van der Waals surface area contributed by atoms with Crippen LogP contribution >= 0.6 is 0 Å². The number of ether oxygens (including phenoxy) is 1. The average molecular weight is 326 g/mol. The lowest BCUT2D eigenvalue weighted by molar-refractivity contribution is -0.136. The number of nitrogens with zero attached hydrogens (tertiary/aromatic N) is 1. The summed E-state index contributed by atoms with van der Waals surface area (Å²) in [4.78, 5) is 23.1. The molecule has 0 aromatic heterocycles. The lowest BCUT2D eigenvalue weighted by Crippen LogP contribution is -2.21. The van der Waals surface area contributed by atoms with Crippen LogP contribution in [-0.2, 0) is 4.79 Å². The van der Waals surface area contributed by atoms with E-state index in [4.69, 9.17) is 9.84 Å². The first-order chi connectivity index (χ1) is 11.6. The van der Waals surface area contributed by atoms with Gasteiger partial charge in [-0.15, -0.1) is 0 Å². The van der Waals surface area contributed by atoms with Crippen LogP contribution < -0.4 is 10.2 Å². The topological polar surface area (TPSA) is 88.0 Å². The summed E-state index contributed by atoms with van der Waals surface area (Å²) in [5.74, 6) is -0.900. The van der Waals surface area contributed by atoms with Gasteiger partial charge in [-0.25, -0.2) is 5.43 Å². The van der Waals surface area contributed by atoms with Gasteiger partial charge in [0.05, 0.1) is 24.8 Å². The maximum atomic E-state index is 12.3. The molecule has 0 saturated carbocycles. The van der Waals surface area contributed by atoms with E-state index in [1.54, 1.807) is 24.3 Å². The molecule has 0 atom stereocenters. The highest BCUT2D eigenvalue weighted by Crippen LogP contribution is 2.17. The second-order valence-corrected chi connectivity index (χ2v) is 4.96. The van der Waals surface area contributed by atoms with Crippen molar-refractivity contribution in [2.24, 2.45) is 5.10 Å². The minimum atomic E-state index is -0.922. The molecule has 0 unspecified atom stereocenters. The van der Waals surface area contributed by atoms with Crippen LogP contribution in [0, 0.1) is 0 Å². The van der Waals surface area contributed by atoms with E-state index in [-0.39, 0.29) is 12.8 Å². The van der Waals surface area contributed by atoms with Crippen LogP contribution in [0.4, 0.5) is 0 Å². The molecule has 0 saturated heterocycles. The van der Waals surface area contributed by atoms with Crippen molar-refractivity contribution in [1.82, 2.24) is 5.43 Å². The number of carboxylic acids is 1. The van der Waals surface area contributed by atoms with Crippen molar-refractivity contribution in [3.63, 3.8) is 0 Å². The monoisotopic (exact) mass is 326 g/mol. The van der Waals surface area contributed by atoms with Crippen LogP contribution in [0.3, 0.4) is 0 Å². The summed E-state index contributed by atoms with van der Waals surface area (Å²) in [7, 11) is 1.48. The van der Waals surface area contributed by atoms with Gasteiger partial charge in [0.2, 0.25) is 0 Å². The lowest BCUT2D eigenvalue weighted by Gasteiger charge is -2.09. The molecule has 0 aliphatic heterocycles. The van der Waals surface area contributed by atoms with Gasteiger partial charge < -0.3 is 9.84 Å². The predicted octanol–water partition coefficient (Wildman–Crippen LogP) is 2.69. The summed E-state index contributed by atoms with van der Waals surface area (Å²) >= 11 is 0. The van der Waals surface area contributed by atoms with Crippen molar-refractivity contribution < 1.29 is 19.4 Å². The van der Waals surface area contributed by atoms with Gasteiger partial charge in [0.1, 0.15) is 5.75 Å². The summed E-state index contributed by atoms with van der Waals surface area (Å²) in [6.07, 6.45) is 0.143. The van der Waals surface area contributed by atoms with E-state index < -0.39 is 11.9 Å². The maximum absolute atomic E-state index is 12.3. The molecule has 2 rings (SSSR count). The van der Waals surface area contributed by atoms with Crippen molar-refractivity contribution in [1.29, 1.82) is 0 Å². The van der Waals surface area contributed by atoms with Crippen molar-refractivity contribution in [3.05, 3.63) is 65.7 Å².